The van der Waals surface area contributed by atoms with E-state index in [1.807, 2.05) is 30.3 Å². The molecule has 1 heterocycles. The van der Waals surface area contributed by atoms with Crippen molar-refractivity contribution in [3.63, 3.8) is 0 Å². The predicted octanol–water partition coefficient (Wildman–Crippen LogP) is 1.12. The molecule has 0 spiro atoms. The molecule has 0 aliphatic carbocycles. The van der Waals surface area contributed by atoms with Crippen LogP contribution in [0.4, 0.5) is 0 Å². The minimum atomic E-state index is -1.05. The Bertz CT molecular complexity index is 423. The highest BCUT2D eigenvalue weighted by Crippen LogP contribution is 2.19. The second-order valence-electron chi connectivity index (χ2n) is 3.12. The molecule has 14 heavy (non-hydrogen) atoms. The van der Waals surface area contributed by atoms with Crippen molar-refractivity contribution in [3.05, 3.63) is 36.1 Å². The normalized spacial score (nSPS) is 10.6. The van der Waals surface area contributed by atoms with Crippen LogP contribution in [0.3, 0.4) is 0 Å². The van der Waals surface area contributed by atoms with Crippen LogP contribution in [-0.4, -0.2) is 5.97 Å². The van der Waals surface area contributed by atoms with Crippen molar-refractivity contribution in [1.29, 1.82) is 0 Å². The zero-order valence-corrected chi connectivity index (χ0v) is 7.53. The predicted molar refractivity (Wildman–Crippen MR) is 49.5 cm³/mol. The summed E-state index contributed by atoms with van der Waals surface area (Å²) in [6.07, 6.45) is 0.386. The fraction of sp³-hybridized carbons (Fsp3) is 0.182. The zero-order valence-electron chi connectivity index (χ0n) is 7.53. The van der Waals surface area contributed by atoms with Gasteiger partial charge in [0.05, 0.1) is 0 Å². The van der Waals surface area contributed by atoms with Gasteiger partial charge in [-0.3, -0.25) is 0 Å². The van der Waals surface area contributed by atoms with Crippen LogP contribution in [0.1, 0.15) is 12.2 Å². The molecule has 2 rings (SSSR count). The summed E-state index contributed by atoms with van der Waals surface area (Å²) in [5.41, 5.74) is 0.792. The highest BCUT2D eigenvalue weighted by molar-refractivity contribution is 5.77. The van der Waals surface area contributed by atoms with Crippen molar-refractivity contribution < 1.29 is 14.3 Å². The van der Waals surface area contributed by atoms with E-state index < -0.39 is 5.97 Å². The van der Waals surface area contributed by atoms with Gasteiger partial charge in [0.1, 0.15) is 11.3 Å². The fourth-order valence-electron chi connectivity index (χ4n) is 1.39. The van der Waals surface area contributed by atoms with Crippen molar-refractivity contribution in [2.45, 2.75) is 12.8 Å². The van der Waals surface area contributed by atoms with Crippen LogP contribution in [-0.2, 0) is 11.2 Å². The first-order chi connectivity index (χ1) is 6.75. The molecule has 1 aromatic carbocycles. The van der Waals surface area contributed by atoms with Gasteiger partial charge in [-0.1, -0.05) is 18.2 Å². The number of aryl methyl sites for hydroxylation is 1. The van der Waals surface area contributed by atoms with Crippen LogP contribution >= 0.6 is 0 Å². The minimum Gasteiger partial charge on any atom is -0.550 e. The van der Waals surface area contributed by atoms with E-state index in [-0.39, 0.29) is 6.42 Å². The number of furan rings is 1. The number of aliphatic carboxylic acids is 1. The quantitative estimate of drug-likeness (QED) is 0.726. The lowest BCUT2D eigenvalue weighted by molar-refractivity contribution is -0.305. The molecule has 2 aromatic rings. The molecule has 0 amide bonds. The molecule has 3 nitrogen and oxygen atoms in total. The average Bonchev–Trinajstić information content (AvgIpc) is 2.57. The lowest BCUT2D eigenvalue weighted by Gasteiger charge is -1.97. The van der Waals surface area contributed by atoms with Gasteiger partial charge >= 0.3 is 0 Å². The summed E-state index contributed by atoms with van der Waals surface area (Å²) in [6.45, 7) is 0. The monoisotopic (exact) mass is 189 g/mol. The van der Waals surface area contributed by atoms with Gasteiger partial charge in [-0.2, -0.15) is 0 Å². The number of rotatable bonds is 3. The summed E-state index contributed by atoms with van der Waals surface area (Å²) in [7, 11) is 0. The average molecular weight is 189 g/mol. The number of para-hydroxylation sites is 1. The Kier molecular flexibility index (Phi) is 2.23. The Morgan fingerprint density at radius 1 is 1.36 bits per heavy atom. The number of carbonyl (C=O) groups is 1. The van der Waals surface area contributed by atoms with Crippen LogP contribution in [0.25, 0.3) is 11.0 Å². The van der Waals surface area contributed by atoms with E-state index in [1.165, 1.54) is 0 Å². The maximum absolute atomic E-state index is 10.2. The largest absolute Gasteiger partial charge is 0.550 e. The van der Waals surface area contributed by atoms with E-state index in [9.17, 15) is 9.90 Å². The third kappa shape index (κ3) is 1.76. The zero-order chi connectivity index (χ0) is 9.97. The Morgan fingerprint density at radius 3 is 2.86 bits per heavy atom. The smallest absolute Gasteiger partial charge is 0.134 e. The van der Waals surface area contributed by atoms with Gasteiger partial charge in [-0.15, -0.1) is 0 Å². The number of carboxylic acids is 1. The highest BCUT2D eigenvalue weighted by Gasteiger charge is 2.02. The molecule has 0 atom stereocenters. The molecule has 3 heteroatoms. The van der Waals surface area contributed by atoms with Gasteiger partial charge in [0, 0.05) is 17.8 Å². The minimum absolute atomic E-state index is 0.000177. The van der Waals surface area contributed by atoms with Crippen molar-refractivity contribution >= 4 is 16.9 Å². The first-order valence-corrected chi connectivity index (χ1v) is 4.43. The number of hydrogen-bond acceptors (Lipinski definition) is 3. The fourth-order valence-corrected chi connectivity index (χ4v) is 1.39. The van der Waals surface area contributed by atoms with Crippen LogP contribution < -0.4 is 5.11 Å². The standard InChI is InChI=1S/C11H10O3/c12-11(13)6-5-9-7-8-3-1-2-4-10(8)14-9/h1-4,7H,5-6H2,(H,12,13)/p-1. The van der Waals surface area contributed by atoms with Gasteiger partial charge in [0.25, 0.3) is 0 Å². The van der Waals surface area contributed by atoms with Crippen LogP contribution in [0, 0.1) is 0 Å². The molecule has 0 saturated heterocycles. The number of hydrogen-bond donors (Lipinski definition) is 0. The molecule has 0 fully saturated rings. The number of carbonyl (C=O) groups excluding carboxylic acids is 1. The summed E-state index contributed by atoms with van der Waals surface area (Å²) in [6, 6.07) is 9.45. The van der Waals surface area contributed by atoms with E-state index in [0.29, 0.717) is 12.2 Å². The molecule has 0 aliphatic heterocycles. The van der Waals surface area contributed by atoms with Crippen LogP contribution in [0.2, 0.25) is 0 Å². The second-order valence-corrected chi connectivity index (χ2v) is 3.12. The van der Waals surface area contributed by atoms with Gasteiger partial charge in [-0.05, 0) is 18.6 Å². The Hall–Kier alpha value is -1.77. The van der Waals surface area contributed by atoms with Gasteiger partial charge in [0.15, 0.2) is 0 Å². The van der Waals surface area contributed by atoms with E-state index in [2.05, 4.69) is 0 Å². The molecule has 1 aromatic heterocycles. The van der Waals surface area contributed by atoms with E-state index >= 15 is 0 Å². The van der Waals surface area contributed by atoms with E-state index in [4.69, 9.17) is 4.42 Å². The lowest BCUT2D eigenvalue weighted by atomic mass is 10.2. The second kappa shape index (κ2) is 3.54. The topological polar surface area (TPSA) is 53.3 Å². The summed E-state index contributed by atoms with van der Waals surface area (Å²) < 4.78 is 5.43. The molecule has 72 valence electrons. The summed E-state index contributed by atoms with van der Waals surface area (Å²) in [5.74, 6) is -0.360. The molecule has 0 aliphatic rings. The maximum Gasteiger partial charge on any atom is 0.134 e. The van der Waals surface area contributed by atoms with Crippen molar-refractivity contribution in [3.8, 4) is 0 Å². The number of carboxylic acid groups (broad SMARTS) is 1. The first-order valence-electron chi connectivity index (χ1n) is 4.43. The van der Waals surface area contributed by atoms with Crippen molar-refractivity contribution in [1.82, 2.24) is 0 Å². The molecular formula is C11H9O3-. The lowest BCUT2D eigenvalue weighted by Crippen LogP contribution is -2.22. The summed E-state index contributed by atoms with van der Waals surface area (Å²) in [5, 5.41) is 11.2. The third-order valence-corrected chi connectivity index (χ3v) is 2.05. The van der Waals surface area contributed by atoms with Crippen molar-refractivity contribution in [2.24, 2.45) is 0 Å². The Labute approximate surface area is 81.0 Å². The maximum atomic E-state index is 10.2. The highest BCUT2D eigenvalue weighted by atomic mass is 16.4. The van der Waals surface area contributed by atoms with Crippen molar-refractivity contribution in [2.75, 3.05) is 0 Å². The number of fused-ring (bicyclic) bond motifs is 1. The van der Waals surface area contributed by atoms with Crippen LogP contribution in [0.15, 0.2) is 34.7 Å². The van der Waals surface area contributed by atoms with Gasteiger partial charge in [-0.25, -0.2) is 0 Å². The van der Waals surface area contributed by atoms with Crippen LogP contribution in [0.5, 0.6) is 0 Å². The molecule has 0 N–H and O–H groups in total. The van der Waals surface area contributed by atoms with Gasteiger partial charge in [0.2, 0.25) is 0 Å². The summed E-state index contributed by atoms with van der Waals surface area (Å²) in [4.78, 5) is 10.2. The van der Waals surface area contributed by atoms with E-state index in [0.717, 1.165) is 11.0 Å². The SMILES string of the molecule is O=C([O-])CCc1cc2ccccc2o1. The van der Waals surface area contributed by atoms with E-state index in [1.54, 1.807) is 0 Å². The molecule has 0 radical (unpaired) electrons. The molecule has 0 bridgehead atoms. The molecule has 0 saturated carbocycles. The first kappa shape index (κ1) is 8.81. The van der Waals surface area contributed by atoms with Gasteiger partial charge < -0.3 is 14.3 Å². The Morgan fingerprint density at radius 2 is 2.14 bits per heavy atom. The Balaban J connectivity index is 2.22. The molecule has 0 unspecified atom stereocenters. The third-order valence-electron chi connectivity index (χ3n) is 2.05. The number of benzene rings is 1. The summed E-state index contributed by atoms with van der Waals surface area (Å²) >= 11 is 0. The molecular weight excluding hydrogens is 180 g/mol.